The Kier molecular flexibility index (Phi) is 6.42. The third kappa shape index (κ3) is 4.60. The van der Waals surface area contributed by atoms with Crippen LogP contribution in [0, 0.1) is 0 Å². The lowest BCUT2D eigenvalue weighted by atomic mass is 9.94. The number of hydrogen-bond acceptors (Lipinski definition) is 5. The highest BCUT2D eigenvalue weighted by Crippen LogP contribution is 2.40. The Labute approximate surface area is 287 Å². The molecule has 0 bridgehead atoms. The van der Waals surface area contributed by atoms with Crippen molar-refractivity contribution in [2.45, 2.75) is 0 Å². The molecule has 10 aromatic rings. The molecule has 50 heavy (non-hydrogen) atoms. The number of benzene rings is 7. The van der Waals surface area contributed by atoms with Crippen molar-refractivity contribution in [2.24, 2.45) is 0 Å². The number of furan rings is 2. The summed E-state index contributed by atoms with van der Waals surface area (Å²) in [6.07, 6.45) is 0. The fourth-order valence-corrected chi connectivity index (χ4v) is 7.03. The van der Waals surface area contributed by atoms with Gasteiger partial charge < -0.3 is 8.83 Å². The van der Waals surface area contributed by atoms with Gasteiger partial charge in [0, 0.05) is 32.7 Å². The molecule has 0 fully saturated rings. The van der Waals surface area contributed by atoms with Crippen LogP contribution in [0.2, 0.25) is 0 Å². The second-order valence-electron chi connectivity index (χ2n) is 12.4. The first-order chi connectivity index (χ1) is 24.8. The minimum atomic E-state index is 0.533. The number of fused-ring (bicyclic) bond motifs is 6. The highest BCUT2D eigenvalue weighted by molar-refractivity contribution is 6.12. The van der Waals surface area contributed by atoms with Gasteiger partial charge in [-0.1, -0.05) is 127 Å². The zero-order valence-corrected chi connectivity index (χ0v) is 26.7. The van der Waals surface area contributed by atoms with Crippen LogP contribution in [0.1, 0.15) is 0 Å². The predicted octanol–water partition coefficient (Wildman–Crippen LogP) is 12.0. The highest BCUT2D eigenvalue weighted by Gasteiger charge is 2.21. The monoisotopic (exact) mass is 641 g/mol. The second-order valence-corrected chi connectivity index (χ2v) is 12.4. The smallest absolute Gasteiger partial charge is 0.167 e. The molecule has 0 N–H and O–H groups in total. The lowest BCUT2D eigenvalue weighted by molar-refractivity contribution is 0.668. The molecule has 0 amide bonds. The van der Waals surface area contributed by atoms with Crippen LogP contribution in [0.15, 0.2) is 173 Å². The van der Waals surface area contributed by atoms with Gasteiger partial charge in [-0.05, 0) is 58.7 Å². The third-order valence-corrected chi connectivity index (χ3v) is 9.38. The molecule has 5 nitrogen and oxygen atoms in total. The number of hydrogen-bond donors (Lipinski definition) is 0. The molecule has 7 aromatic carbocycles. The third-order valence-electron chi connectivity index (χ3n) is 9.38. The fourth-order valence-electron chi connectivity index (χ4n) is 7.03. The highest BCUT2D eigenvalue weighted by atomic mass is 16.3. The lowest BCUT2D eigenvalue weighted by Crippen LogP contribution is -2.02. The second kappa shape index (κ2) is 11.4. The molecule has 0 saturated carbocycles. The minimum Gasteiger partial charge on any atom is -0.456 e. The van der Waals surface area contributed by atoms with Crippen molar-refractivity contribution in [3.8, 4) is 56.4 Å². The van der Waals surface area contributed by atoms with E-state index in [4.69, 9.17) is 23.8 Å². The van der Waals surface area contributed by atoms with E-state index >= 15 is 0 Å². The van der Waals surface area contributed by atoms with Crippen molar-refractivity contribution in [2.75, 3.05) is 0 Å². The van der Waals surface area contributed by atoms with Crippen molar-refractivity contribution in [1.29, 1.82) is 0 Å². The van der Waals surface area contributed by atoms with Crippen LogP contribution in [0.5, 0.6) is 0 Å². The molecular formula is C45H27N3O2. The summed E-state index contributed by atoms with van der Waals surface area (Å²) in [6, 6.07) is 55.7. The molecule has 0 radical (unpaired) electrons. The molecule has 0 saturated heterocycles. The summed E-state index contributed by atoms with van der Waals surface area (Å²) in [6.45, 7) is 0. The van der Waals surface area contributed by atoms with Crippen LogP contribution in [0.25, 0.3) is 100 Å². The zero-order valence-electron chi connectivity index (χ0n) is 26.7. The standard InChI is InChI=1S/C45H27N3O2/c1-3-13-28(14-4-1)30-25-26-33(37(27-30)29-15-5-2-6-16-29)43-46-44(35-20-12-24-40-41(35)34-18-8-10-23-39(34)49-40)48-45(47-43)36-21-11-19-32-31-17-7-9-22-38(31)50-42(32)36/h1-27H. The summed E-state index contributed by atoms with van der Waals surface area (Å²) in [5.41, 5.74) is 10.1. The molecule has 234 valence electrons. The number of para-hydroxylation sites is 3. The van der Waals surface area contributed by atoms with Gasteiger partial charge in [0.05, 0.1) is 5.56 Å². The van der Waals surface area contributed by atoms with Gasteiger partial charge in [0.25, 0.3) is 0 Å². The van der Waals surface area contributed by atoms with Gasteiger partial charge >= 0.3 is 0 Å². The first-order valence-electron chi connectivity index (χ1n) is 16.6. The summed E-state index contributed by atoms with van der Waals surface area (Å²) in [5.74, 6) is 1.66. The molecule has 10 rings (SSSR count). The van der Waals surface area contributed by atoms with Crippen molar-refractivity contribution in [3.05, 3.63) is 164 Å². The van der Waals surface area contributed by atoms with Gasteiger partial charge in [-0.25, -0.2) is 15.0 Å². The van der Waals surface area contributed by atoms with E-state index in [1.165, 1.54) is 0 Å². The SMILES string of the molecule is c1ccc(-c2ccc(-c3nc(-c4cccc5c4oc4ccccc45)nc(-c4cccc5oc6ccccc6c45)n3)c(-c3ccccc3)c2)cc1. The average Bonchev–Trinajstić information content (AvgIpc) is 3.77. The summed E-state index contributed by atoms with van der Waals surface area (Å²) in [4.78, 5) is 15.7. The Bertz CT molecular complexity index is 2870. The van der Waals surface area contributed by atoms with E-state index < -0.39 is 0 Å². The van der Waals surface area contributed by atoms with Crippen molar-refractivity contribution in [3.63, 3.8) is 0 Å². The summed E-state index contributed by atoms with van der Waals surface area (Å²) in [7, 11) is 0. The maximum absolute atomic E-state index is 6.49. The fraction of sp³-hybridized carbons (Fsp3) is 0. The molecule has 0 atom stereocenters. The van der Waals surface area contributed by atoms with Gasteiger partial charge in [0.15, 0.2) is 17.5 Å². The van der Waals surface area contributed by atoms with Crippen molar-refractivity contribution < 1.29 is 8.83 Å². The van der Waals surface area contributed by atoms with E-state index in [0.717, 1.165) is 82.8 Å². The molecule has 0 unspecified atom stereocenters. The van der Waals surface area contributed by atoms with E-state index in [0.29, 0.717) is 17.5 Å². The molecule has 0 spiro atoms. The minimum absolute atomic E-state index is 0.533. The molecule has 0 aliphatic heterocycles. The van der Waals surface area contributed by atoms with Crippen molar-refractivity contribution in [1.82, 2.24) is 15.0 Å². The molecule has 3 aromatic heterocycles. The van der Waals surface area contributed by atoms with E-state index in [9.17, 15) is 0 Å². The van der Waals surface area contributed by atoms with E-state index in [1.807, 2.05) is 72.8 Å². The Morgan fingerprint density at radius 1 is 0.320 bits per heavy atom. The van der Waals surface area contributed by atoms with Crippen LogP contribution in [-0.2, 0) is 0 Å². The molecule has 3 heterocycles. The van der Waals surface area contributed by atoms with Gasteiger partial charge in [0.1, 0.15) is 22.3 Å². The zero-order chi connectivity index (χ0) is 33.0. The maximum atomic E-state index is 6.49. The van der Waals surface area contributed by atoms with E-state index in [1.54, 1.807) is 0 Å². The summed E-state index contributed by atoms with van der Waals surface area (Å²) < 4.78 is 12.8. The Balaban J connectivity index is 1.27. The number of nitrogens with zero attached hydrogens (tertiary/aromatic N) is 3. The molecule has 5 heteroatoms. The van der Waals surface area contributed by atoms with Gasteiger partial charge in [-0.2, -0.15) is 0 Å². The van der Waals surface area contributed by atoms with E-state index in [2.05, 4.69) is 91.0 Å². The summed E-state index contributed by atoms with van der Waals surface area (Å²) >= 11 is 0. The first-order valence-corrected chi connectivity index (χ1v) is 16.6. The Morgan fingerprint density at radius 2 is 0.880 bits per heavy atom. The quantitative estimate of drug-likeness (QED) is 0.187. The number of rotatable bonds is 5. The van der Waals surface area contributed by atoms with Crippen LogP contribution < -0.4 is 0 Å². The molecular weight excluding hydrogens is 615 g/mol. The predicted molar refractivity (Wildman–Crippen MR) is 202 cm³/mol. The van der Waals surface area contributed by atoms with Crippen LogP contribution in [-0.4, -0.2) is 15.0 Å². The van der Waals surface area contributed by atoms with Crippen LogP contribution >= 0.6 is 0 Å². The lowest BCUT2D eigenvalue weighted by Gasteiger charge is -2.14. The number of aromatic nitrogens is 3. The molecule has 0 aliphatic carbocycles. The van der Waals surface area contributed by atoms with Crippen LogP contribution in [0.4, 0.5) is 0 Å². The summed E-state index contributed by atoms with van der Waals surface area (Å²) in [5, 5.41) is 4.05. The van der Waals surface area contributed by atoms with Gasteiger partial charge in [-0.3, -0.25) is 0 Å². The van der Waals surface area contributed by atoms with Crippen molar-refractivity contribution >= 4 is 43.9 Å². The normalized spacial score (nSPS) is 11.6. The average molecular weight is 642 g/mol. The maximum Gasteiger partial charge on any atom is 0.167 e. The Hall–Kier alpha value is -6.85. The van der Waals surface area contributed by atoms with E-state index in [-0.39, 0.29) is 0 Å². The van der Waals surface area contributed by atoms with Gasteiger partial charge in [0.2, 0.25) is 0 Å². The first kappa shape index (κ1) is 28.2. The largest absolute Gasteiger partial charge is 0.456 e. The van der Waals surface area contributed by atoms with Crippen LogP contribution in [0.3, 0.4) is 0 Å². The topological polar surface area (TPSA) is 65.0 Å². The van der Waals surface area contributed by atoms with Gasteiger partial charge in [-0.15, -0.1) is 0 Å². The molecule has 0 aliphatic rings. The Morgan fingerprint density at radius 3 is 1.66 bits per heavy atom.